The smallest absolute Gasteiger partial charge is 0.182 e. The van der Waals surface area contributed by atoms with Crippen LogP contribution in [0.15, 0.2) is 6.20 Å². The lowest BCUT2D eigenvalue weighted by molar-refractivity contribution is 0.0330. The standard InChI is InChI=1S/C10H16N2O2S/c1-2-11-10-12-5-9(15-10)7-14-8-3-4-13-6-8/h5,8H,2-4,6-7H2,1H3,(H,11,12). The molecule has 0 amide bonds. The molecule has 0 aromatic carbocycles. The molecule has 1 unspecified atom stereocenters. The van der Waals surface area contributed by atoms with E-state index in [4.69, 9.17) is 9.47 Å². The highest BCUT2D eigenvalue weighted by Crippen LogP contribution is 2.20. The van der Waals surface area contributed by atoms with Gasteiger partial charge in [0, 0.05) is 19.3 Å². The third kappa shape index (κ3) is 3.15. The molecule has 1 aromatic heterocycles. The Labute approximate surface area is 93.6 Å². The van der Waals surface area contributed by atoms with Gasteiger partial charge in [-0.15, -0.1) is 0 Å². The first-order valence-corrected chi connectivity index (χ1v) is 6.08. The van der Waals surface area contributed by atoms with Crippen molar-refractivity contribution in [2.75, 3.05) is 25.1 Å². The van der Waals surface area contributed by atoms with Gasteiger partial charge in [0.15, 0.2) is 5.13 Å². The summed E-state index contributed by atoms with van der Waals surface area (Å²) in [7, 11) is 0. The van der Waals surface area contributed by atoms with Gasteiger partial charge in [0.2, 0.25) is 0 Å². The maximum atomic E-state index is 5.70. The van der Waals surface area contributed by atoms with Crippen molar-refractivity contribution in [2.45, 2.75) is 26.1 Å². The number of ether oxygens (including phenoxy) is 2. The quantitative estimate of drug-likeness (QED) is 0.835. The van der Waals surface area contributed by atoms with Crippen LogP contribution in [0, 0.1) is 0 Å². The van der Waals surface area contributed by atoms with E-state index in [2.05, 4.69) is 17.2 Å². The van der Waals surface area contributed by atoms with Crippen LogP contribution in [-0.4, -0.2) is 30.8 Å². The first-order valence-electron chi connectivity index (χ1n) is 5.26. The zero-order valence-corrected chi connectivity index (χ0v) is 9.68. The van der Waals surface area contributed by atoms with Crippen LogP contribution >= 0.6 is 11.3 Å². The van der Waals surface area contributed by atoms with E-state index in [0.29, 0.717) is 6.61 Å². The molecule has 2 heterocycles. The van der Waals surface area contributed by atoms with E-state index >= 15 is 0 Å². The van der Waals surface area contributed by atoms with Crippen LogP contribution in [0.5, 0.6) is 0 Å². The molecule has 1 aliphatic heterocycles. The summed E-state index contributed by atoms with van der Waals surface area (Å²) in [6.45, 7) is 5.18. The monoisotopic (exact) mass is 228 g/mol. The van der Waals surface area contributed by atoms with Crippen molar-refractivity contribution in [3.05, 3.63) is 11.1 Å². The molecular formula is C10H16N2O2S. The van der Waals surface area contributed by atoms with E-state index in [9.17, 15) is 0 Å². The lowest BCUT2D eigenvalue weighted by Crippen LogP contribution is -2.11. The molecule has 0 saturated carbocycles. The average Bonchev–Trinajstić information content (AvgIpc) is 2.85. The van der Waals surface area contributed by atoms with E-state index < -0.39 is 0 Å². The number of thiazole rings is 1. The van der Waals surface area contributed by atoms with Crippen molar-refractivity contribution in [3.8, 4) is 0 Å². The van der Waals surface area contributed by atoms with Gasteiger partial charge in [0.25, 0.3) is 0 Å². The number of rotatable bonds is 5. The summed E-state index contributed by atoms with van der Waals surface area (Å²) in [5, 5.41) is 4.15. The maximum Gasteiger partial charge on any atom is 0.182 e. The van der Waals surface area contributed by atoms with Crippen LogP contribution in [0.3, 0.4) is 0 Å². The van der Waals surface area contributed by atoms with Crippen LogP contribution in [0.4, 0.5) is 5.13 Å². The summed E-state index contributed by atoms with van der Waals surface area (Å²) in [4.78, 5) is 5.41. The van der Waals surface area contributed by atoms with Gasteiger partial charge in [0.05, 0.1) is 24.2 Å². The van der Waals surface area contributed by atoms with Crippen molar-refractivity contribution < 1.29 is 9.47 Å². The van der Waals surface area contributed by atoms with Gasteiger partial charge in [-0.25, -0.2) is 4.98 Å². The van der Waals surface area contributed by atoms with Gasteiger partial charge in [0.1, 0.15) is 0 Å². The molecule has 1 N–H and O–H groups in total. The molecule has 1 aromatic rings. The van der Waals surface area contributed by atoms with Crippen molar-refractivity contribution in [3.63, 3.8) is 0 Å². The fourth-order valence-corrected chi connectivity index (χ4v) is 2.25. The average molecular weight is 228 g/mol. The van der Waals surface area contributed by atoms with E-state index in [-0.39, 0.29) is 6.10 Å². The Morgan fingerprint density at radius 2 is 2.67 bits per heavy atom. The molecular weight excluding hydrogens is 212 g/mol. The molecule has 0 aliphatic carbocycles. The molecule has 0 bridgehead atoms. The number of anilines is 1. The van der Waals surface area contributed by atoms with Crippen LogP contribution in [-0.2, 0) is 16.1 Å². The fourth-order valence-electron chi connectivity index (χ4n) is 1.45. The Balaban J connectivity index is 1.77. The predicted octanol–water partition coefficient (Wildman–Crippen LogP) is 1.88. The third-order valence-corrected chi connectivity index (χ3v) is 3.16. The van der Waals surface area contributed by atoms with Gasteiger partial charge in [-0.05, 0) is 13.3 Å². The SMILES string of the molecule is CCNc1ncc(COC2CCOC2)s1. The van der Waals surface area contributed by atoms with Crippen LogP contribution in [0.2, 0.25) is 0 Å². The van der Waals surface area contributed by atoms with Crippen molar-refractivity contribution in [1.29, 1.82) is 0 Å². The topological polar surface area (TPSA) is 43.4 Å². The Kier molecular flexibility index (Phi) is 3.94. The zero-order chi connectivity index (χ0) is 10.5. The second kappa shape index (κ2) is 5.44. The van der Waals surface area contributed by atoms with E-state index in [1.165, 1.54) is 0 Å². The van der Waals surface area contributed by atoms with Gasteiger partial charge in [-0.2, -0.15) is 0 Å². The fraction of sp³-hybridized carbons (Fsp3) is 0.700. The number of hydrogen-bond donors (Lipinski definition) is 1. The van der Waals surface area contributed by atoms with Crippen LogP contribution < -0.4 is 5.32 Å². The molecule has 1 atom stereocenters. The maximum absolute atomic E-state index is 5.70. The van der Waals surface area contributed by atoms with Gasteiger partial charge in [-0.3, -0.25) is 0 Å². The van der Waals surface area contributed by atoms with Crippen molar-refractivity contribution in [2.24, 2.45) is 0 Å². The van der Waals surface area contributed by atoms with Crippen LogP contribution in [0.1, 0.15) is 18.2 Å². The zero-order valence-electron chi connectivity index (χ0n) is 8.86. The minimum Gasteiger partial charge on any atom is -0.379 e. The summed E-state index contributed by atoms with van der Waals surface area (Å²) in [6.07, 6.45) is 3.16. The molecule has 5 heteroatoms. The summed E-state index contributed by atoms with van der Waals surface area (Å²) in [5.74, 6) is 0. The summed E-state index contributed by atoms with van der Waals surface area (Å²) < 4.78 is 10.9. The Morgan fingerprint density at radius 3 is 3.40 bits per heavy atom. The van der Waals surface area contributed by atoms with Gasteiger partial charge in [-0.1, -0.05) is 11.3 Å². The first kappa shape index (κ1) is 10.9. The summed E-state index contributed by atoms with van der Waals surface area (Å²) >= 11 is 1.65. The third-order valence-electron chi connectivity index (χ3n) is 2.23. The van der Waals surface area contributed by atoms with Crippen molar-refractivity contribution in [1.82, 2.24) is 4.98 Å². The lowest BCUT2D eigenvalue weighted by atomic mass is 10.3. The molecule has 84 valence electrons. The number of aromatic nitrogens is 1. The van der Waals surface area contributed by atoms with Crippen LogP contribution in [0.25, 0.3) is 0 Å². The predicted molar refractivity (Wildman–Crippen MR) is 60.3 cm³/mol. The minimum atomic E-state index is 0.273. The molecule has 15 heavy (non-hydrogen) atoms. The van der Waals surface area contributed by atoms with Gasteiger partial charge >= 0.3 is 0 Å². The highest BCUT2D eigenvalue weighted by atomic mass is 32.1. The Hall–Kier alpha value is -0.650. The minimum absolute atomic E-state index is 0.273. The molecule has 1 saturated heterocycles. The first-order chi connectivity index (χ1) is 7.38. The Bertz CT molecular complexity index is 297. The molecule has 1 aliphatic rings. The second-order valence-corrected chi connectivity index (χ2v) is 4.57. The van der Waals surface area contributed by atoms with Gasteiger partial charge < -0.3 is 14.8 Å². The normalized spacial score (nSPS) is 20.7. The lowest BCUT2D eigenvalue weighted by Gasteiger charge is -2.07. The highest BCUT2D eigenvalue weighted by Gasteiger charge is 2.16. The number of nitrogens with one attached hydrogen (secondary N) is 1. The summed E-state index contributed by atoms with van der Waals surface area (Å²) in [6, 6.07) is 0. The highest BCUT2D eigenvalue weighted by molar-refractivity contribution is 7.15. The molecule has 2 rings (SSSR count). The number of nitrogens with zero attached hydrogens (tertiary/aromatic N) is 1. The Morgan fingerprint density at radius 1 is 1.73 bits per heavy atom. The van der Waals surface area contributed by atoms with E-state index in [0.717, 1.165) is 36.2 Å². The van der Waals surface area contributed by atoms with Crippen molar-refractivity contribution >= 4 is 16.5 Å². The largest absolute Gasteiger partial charge is 0.379 e. The second-order valence-electron chi connectivity index (χ2n) is 3.46. The molecule has 1 fully saturated rings. The van der Waals surface area contributed by atoms with E-state index in [1.54, 1.807) is 11.3 Å². The molecule has 0 spiro atoms. The molecule has 0 radical (unpaired) electrons. The molecule has 4 nitrogen and oxygen atoms in total. The van der Waals surface area contributed by atoms with E-state index in [1.807, 2.05) is 6.20 Å². The summed E-state index contributed by atoms with van der Waals surface area (Å²) in [5.41, 5.74) is 0. The number of hydrogen-bond acceptors (Lipinski definition) is 5.